The van der Waals surface area contributed by atoms with Gasteiger partial charge in [0.15, 0.2) is 11.6 Å². The van der Waals surface area contributed by atoms with Crippen molar-refractivity contribution < 1.29 is 22.7 Å². The van der Waals surface area contributed by atoms with E-state index in [0.717, 1.165) is 19.4 Å². The first-order chi connectivity index (χ1) is 9.93. The second-order valence-corrected chi connectivity index (χ2v) is 4.17. The molecule has 0 aliphatic heterocycles. The fourth-order valence-electron chi connectivity index (χ4n) is 1.84. The largest absolute Gasteiger partial charge is 0.493 e. The fourth-order valence-corrected chi connectivity index (χ4v) is 1.84. The lowest BCUT2D eigenvalue weighted by Gasteiger charge is -2.12. The molecule has 0 aliphatic rings. The van der Waals surface area contributed by atoms with Crippen LogP contribution in [0.1, 0.15) is 6.92 Å². The van der Waals surface area contributed by atoms with Crippen molar-refractivity contribution in [2.45, 2.75) is 6.92 Å². The number of carbonyl (C=O) groups is 1. The molecule has 2 rings (SSSR count). The Morgan fingerprint density at radius 1 is 1.19 bits per heavy atom. The molecule has 1 aromatic heterocycles. The Labute approximate surface area is 118 Å². The SMILES string of the molecule is COc1c(-c2cc(NC(C)=O)ncc2F)ccc(F)c1F. The zero-order chi connectivity index (χ0) is 15.6. The number of methoxy groups -OCH3 is 1. The van der Waals surface area contributed by atoms with Crippen molar-refractivity contribution in [3.8, 4) is 16.9 Å². The van der Waals surface area contributed by atoms with E-state index in [-0.39, 0.29) is 16.9 Å². The van der Waals surface area contributed by atoms with Gasteiger partial charge in [-0.2, -0.15) is 4.39 Å². The number of pyridine rings is 1. The van der Waals surface area contributed by atoms with Crippen molar-refractivity contribution in [3.05, 3.63) is 41.8 Å². The number of anilines is 1. The van der Waals surface area contributed by atoms with Crippen LogP contribution in [0.4, 0.5) is 19.0 Å². The molecule has 2 aromatic rings. The number of carbonyl (C=O) groups excluding carboxylic acids is 1. The third-order valence-electron chi connectivity index (χ3n) is 2.70. The van der Waals surface area contributed by atoms with Crippen LogP contribution in [0.25, 0.3) is 11.1 Å². The molecule has 21 heavy (non-hydrogen) atoms. The third kappa shape index (κ3) is 2.96. The molecule has 7 heteroatoms. The molecule has 0 atom stereocenters. The lowest BCUT2D eigenvalue weighted by Crippen LogP contribution is -2.08. The van der Waals surface area contributed by atoms with Crippen LogP contribution in [0.2, 0.25) is 0 Å². The molecule has 0 saturated carbocycles. The topological polar surface area (TPSA) is 51.2 Å². The lowest BCUT2D eigenvalue weighted by molar-refractivity contribution is -0.114. The monoisotopic (exact) mass is 296 g/mol. The number of halogens is 3. The van der Waals surface area contributed by atoms with E-state index < -0.39 is 29.1 Å². The molecule has 1 aromatic carbocycles. The Morgan fingerprint density at radius 2 is 1.90 bits per heavy atom. The summed E-state index contributed by atoms with van der Waals surface area (Å²) < 4.78 is 45.6. The molecule has 110 valence electrons. The zero-order valence-electron chi connectivity index (χ0n) is 11.2. The molecule has 1 amide bonds. The second kappa shape index (κ2) is 5.82. The summed E-state index contributed by atoms with van der Waals surface area (Å²) >= 11 is 0. The van der Waals surface area contributed by atoms with Crippen LogP contribution in [-0.4, -0.2) is 18.0 Å². The van der Waals surface area contributed by atoms with Gasteiger partial charge in [-0.05, 0) is 18.2 Å². The molecular weight excluding hydrogens is 285 g/mol. The highest BCUT2D eigenvalue weighted by atomic mass is 19.2. The number of nitrogens with one attached hydrogen (secondary N) is 1. The van der Waals surface area contributed by atoms with Crippen LogP contribution in [0, 0.1) is 17.5 Å². The lowest BCUT2D eigenvalue weighted by atomic mass is 10.0. The van der Waals surface area contributed by atoms with Gasteiger partial charge in [0.2, 0.25) is 11.7 Å². The molecule has 0 spiro atoms. The number of ether oxygens (including phenoxy) is 1. The average molecular weight is 296 g/mol. The maximum Gasteiger partial charge on any atom is 0.222 e. The van der Waals surface area contributed by atoms with Gasteiger partial charge in [0.05, 0.1) is 13.3 Å². The minimum absolute atomic E-state index is 0.0166. The van der Waals surface area contributed by atoms with Gasteiger partial charge in [-0.1, -0.05) is 0 Å². The molecule has 0 radical (unpaired) electrons. The van der Waals surface area contributed by atoms with Gasteiger partial charge in [-0.3, -0.25) is 4.79 Å². The predicted molar refractivity (Wildman–Crippen MR) is 70.4 cm³/mol. The van der Waals surface area contributed by atoms with Crippen LogP contribution in [0.3, 0.4) is 0 Å². The summed E-state index contributed by atoms with van der Waals surface area (Å²) in [6.45, 7) is 1.27. The smallest absolute Gasteiger partial charge is 0.222 e. The summed E-state index contributed by atoms with van der Waals surface area (Å²) in [6.07, 6.45) is 0.876. The highest BCUT2D eigenvalue weighted by Gasteiger charge is 2.18. The Bertz CT molecular complexity index is 705. The van der Waals surface area contributed by atoms with Gasteiger partial charge >= 0.3 is 0 Å². The summed E-state index contributed by atoms with van der Waals surface area (Å²) in [5.41, 5.74) is -0.0487. The molecule has 0 saturated heterocycles. The normalized spacial score (nSPS) is 10.3. The van der Waals surface area contributed by atoms with Crippen molar-refractivity contribution >= 4 is 11.7 Å². The molecular formula is C14H11F3N2O2. The number of benzene rings is 1. The van der Waals surface area contributed by atoms with Crippen molar-refractivity contribution in [2.75, 3.05) is 12.4 Å². The van der Waals surface area contributed by atoms with Gasteiger partial charge in [-0.25, -0.2) is 13.8 Å². The van der Waals surface area contributed by atoms with Crippen LogP contribution in [-0.2, 0) is 4.79 Å². The number of hydrogen-bond donors (Lipinski definition) is 1. The fraction of sp³-hybridized carbons (Fsp3) is 0.143. The summed E-state index contributed by atoms with van der Waals surface area (Å²) in [7, 11) is 1.15. The van der Waals surface area contributed by atoms with E-state index in [4.69, 9.17) is 4.74 Å². The Hall–Kier alpha value is -2.57. The molecule has 1 N–H and O–H groups in total. The van der Waals surface area contributed by atoms with Gasteiger partial charge in [-0.15, -0.1) is 0 Å². The standard InChI is InChI=1S/C14H11F3N2O2/c1-7(20)19-12-5-9(11(16)6-18-12)8-3-4-10(15)13(17)14(8)21-2/h3-6H,1-2H3,(H,18,19,20). The number of amides is 1. The van der Waals surface area contributed by atoms with Crippen LogP contribution >= 0.6 is 0 Å². The third-order valence-corrected chi connectivity index (χ3v) is 2.70. The summed E-state index contributed by atoms with van der Waals surface area (Å²) in [5.74, 6) is -3.80. The first kappa shape index (κ1) is 14.8. The van der Waals surface area contributed by atoms with Gasteiger partial charge in [0.1, 0.15) is 11.6 Å². The molecule has 0 bridgehead atoms. The minimum atomic E-state index is -1.22. The van der Waals surface area contributed by atoms with Crippen molar-refractivity contribution in [2.24, 2.45) is 0 Å². The van der Waals surface area contributed by atoms with Crippen LogP contribution in [0.15, 0.2) is 24.4 Å². The summed E-state index contributed by atoms with van der Waals surface area (Å²) in [6, 6.07) is 3.27. The van der Waals surface area contributed by atoms with Crippen molar-refractivity contribution in [1.29, 1.82) is 0 Å². The van der Waals surface area contributed by atoms with E-state index in [1.807, 2.05) is 0 Å². The Kier molecular flexibility index (Phi) is 4.11. The first-order valence-electron chi connectivity index (χ1n) is 5.89. The van der Waals surface area contributed by atoms with Crippen LogP contribution < -0.4 is 10.1 Å². The van der Waals surface area contributed by atoms with E-state index in [0.29, 0.717) is 0 Å². The second-order valence-electron chi connectivity index (χ2n) is 4.17. The van der Waals surface area contributed by atoms with Gasteiger partial charge in [0.25, 0.3) is 0 Å². The highest BCUT2D eigenvalue weighted by Crippen LogP contribution is 2.35. The number of hydrogen-bond acceptors (Lipinski definition) is 3. The van der Waals surface area contributed by atoms with E-state index in [2.05, 4.69) is 10.3 Å². The first-order valence-corrected chi connectivity index (χ1v) is 5.89. The Morgan fingerprint density at radius 3 is 2.52 bits per heavy atom. The summed E-state index contributed by atoms with van der Waals surface area (Å²) in [5, 5.41) is 2.38. The zero-order valence-corrected chi connectivity index (χ0v) is 11.2. The maximum atomic E-state index is 13.9. The van der Waals surface area contributed by atoms with Gasteiger partial charge < -0.3 is 10.1 Å². The summed E-state index contributed by atoms with van der Waals surface area (Å²) in [4.78, 5) is 14.7. The number of aromatic nitrogens is 1. The molecule has 0 fully saturated rings. The molecule has 1 heterocycles. The van der Waals surface area contributed by atoms with Crippen LogP contribution in [0.5, 0.6) is 5.75 Å². The molecule has 0 aliphatic carbocycles. The highest BCUT2D eigenvalue weighted by molar-refractivity contribution is 5.88. The van der Waals surface area contributed by atoms with E-state index >= 15 is 0 Å². The number of nitrogens with zero attached hydrogens (tertiary/aromatic N) is 1. The Balaban J connectivity index is 2.61. The average Bonchev–Trinajstić information content (AvgIpc) is 2.43. The van der Waals surface area contributed by atoms with E-state index in [1.54, 1.807) is 0 Å². The quantitative estimate of drug-likeness (QED) is 0.946. The van der Waals surface area contributed by atoms with Crippen molar-refractivity contribution in [3.63, 3.8) is 0 Å². The maximum absolute atomic E-state index is 13.9. The van der Waals surface area contributed by atoms with E-state index in [9.17, 15) is 18.0 Å². The predicted octanol–water partition coefficient (Wildman–Crippen LogP) is 3.13. The van der Waals surface area contributed by atoms with Crippen molar-refractivity contribution in [1.82, 2.24) is 4.98 Å². The minimum Gasteiger partial charge on any atom is -0.493 e. The molecule has 0 unspecified atom stereocenters. The van der Waals surface area contributed by atoms with Gasteiger partial charge in [0, 0.05) is 18.1 Å². The molecule has 4 nitrogen and oxygen atoms in total. The van der Waals surface area contributed by atoms with E-state index in [1.165, 1.54) is 19.1 Å². The number of rotatable bonds is 3.